The van der Waals surface area contributed by atoms with Crippen molar-refractivity contribution in [1.29, 1.82) is 0 Å². The lowest BCUT2D eigenvalue weighted by atomic mass is 10.1. The second kappa shape index (κ2) is 7.04. The summed E-state index contributed by atoms with van der Waals surface area (Å²) in [4.78, 5) is 22.2. The average molecular weight is 317 g/mol. The molecule has 1 radical (unpaired) electrons. The smallest absolute Gasteiger partial charge is 0.526 e. The van der Waals surface area contributed by atoms with Gasteiger partial charge in [0, 0.05) is 12.1 Å². The summed E-state index contributed by atoms with van der Waals surface area (Å²) in [7, 11) is 0.893. The highest BCUT2D eigenvalue weighted by Gasteiger charge is 2.11. The minimum absolute atomic E-state index is 0.0415. The van der Waals surface area contributed by atoms with Crippen LogP contribution >= 0.6 is 0 Å². The third-order valence-corrected chi connectivity index (χ3v) is 3.01. The molecule has 0 aliphatic heterocycles. The summed E-state index contributed by atoms with van der Waals surface area (Å²) in [5, 5.41) is 0. The molecule has 0 unspecified atom stereocenters. The summed E-state index contributed by atoms with van der Waals surface area (Å²) < 4.78 is 37.3. The number of Topliss-reactive ketones (excluding diaryl/α,β-unsaturated/α-hetero) is 2. The third-order valence-electron chi connectivity index (χ3n) is 3.01. The molecule has 7 heteroatoms. The Kier molecular flexibility index (Phi) is 5.11. The highest BCUT2D eigenvalue weighted by atomic mass is 19.1. The summed E-state index contributed by atoms with van der Waals surface area (Å²) in [6.45, 7) is 2.51. The van der Waals surface area contributed by atoms with Crippen LogP contribution in [0.25, 0.3) is 0 Å². The van der Waals surface area contributed by atoms with Crippen LogP contribution in [0.1, 0.15) is 34.6 Å². The van der Waals surface area contributed by atoms with Crippen molar-refractivity contribution in [3.05, 3.63) is 59.2 Å². The fourth-order valence-corrected chi connectivity index (χ4v) is 1.84. The van der Waals surface area contributed by atoms with Gasteiger partial charge in [0.15, 0.2) is 11.6 Å². The van der Waals surface area contributed by atoms with Crippen LogP contribution in [-0.4, -0.2) is 19.3 Å². The predicted molar refractivity (Wildman–Crippen MR) is 79.8 cm³/mol. The highest BCUT2D eigenvalue weighted by molar-refractivity contribution is 6.20. The van der Waals surface area contributed by atoms with Crippen LogP contribution in [0.5, 0.6) is 11.5 Å². The van der Waals surface area contributed by atoms with Crippen LogP contribution in [0.2, 0.25) is 0 Å². The molecule has 0 N–H and O–H groups in total. The van der Waals surface area contributed by atoms with Gasteiger partial charge in [0.2, 0.25) is 0 Å². The summed E-state index contributed by atoms with van der Waals surface area (Å²) >= 11 is 0. The van der Waals surface area contributed by atoms with E-state index >= 15 is 0 Å². The van der Waals surface area contributed by atoms with Crippen LogP contribution in [-0.2, 0) is 0 Å². The molecule has 2 aromatic rings. The number of hydrogen-bond donors (Lipinski definition) is 0. The molecule has 0 amide bonds. The zero-order valence-electron chi connectivity index (χ0n) is 12.4. The van der Waals surface area contributed by atoms with E-state index in [1.54, 1.807) is 0 Å². The van der Waals surface area contributed by atoms with E-state index in [0.29, 0.717) is 0 Å². The van der Waals surface area contributed by atoms with Crippen LogP contribution < -0.4 is 9.31 Å². The van der Waals surface area contributed by atoms with Gasteiger partial charge in [0.05, 0.1) is 11.1 Å². The number of hydrogen-bond acceptors (Lipinski definition) is 4. The monoisotopic (exact) mass is 317 g/mol. The van der Waals surface area contributed by atoms with E-state index < -0.39 is 23.2 Å². The zero-order chi connectivity index (χ0) is 17.0. The van der Waals surface area contributed by atoms with Gasteiger partial charge in [-0.1, -0.05) is 0 Å². The van der Waals surface area contributed by atoms with Crippen molar-refractivity contribution in [2.24, 2.45) is 0 Å². The molecule has 117 valence electrons. The molecular formula is C16H12BF2O4. The van der Waals surface area contributed by atoms with E-state index in [1.165, 1.54) is 38.1 Å². The molecule has 0 fully saturated rings. The molecule has 0 atom stereocenters. The summed E-state index contributed by atoms with van der Waals surface area (Å²) in [5.74, 6) is -1.97. The predicted octanol–water partition coefficient (Wildman–Crippen LogP) is 3.36. The van der Waals surface area contributed by atoms with Gasteiger partial charge < -0.3 is 9.31 Å². The maximum absolute atomic E-state index is 13.6. The van der Waals surface area contributed by atoms with Crippen LogP contribution in [0.3, 0.4) is 0 Å². The van der Waals surface area contributed by atoms with Gasteiger partial charge in [-0.3, -0.25) is 9.59 Å². The Labute approximate surface area is 132 Å². The van der Waals surface area contributed by atoms with Crippen LogP contribution in [0.4, 0.5) is 8.78 Å². The Morgan fingerprint density at radius 1 is 0.826 bits per heavy atom. The fourth-order valence-electron chi connectivity index (χ4n) is 1.84. The first kappa shape index (κ1) is 16.7. The number of benzene rings is 2. The molecule has 4 nitrogen and oxygen atoms in total. The summed E-state index contributed by atoms with van der Waals surface area (Å²) in [5.41, 5.74) is -0.0830. The van der Waals surface area contributed by atoms with Crippen molar-refractivity contribution < 1.29 is 27.7 Å². The molecule has 0 saturated heterocycles. The lowest BCUT2D eigenvalue weighted by Crippen LogP contribution is -2.12. The van der Waals surface area contributed by atoms with Crippen LogP contribution in [0, 0.1) is 11.6 Å². The van der Waals surface area contributed by atoms with Gasteiger partial charge in [0.25, 0.3) is 0 Å². The first-order chi connectivity index (χ1) is 10.9. The van der Waals surface area contributed by atoms with Crippen molar-refractivity contribution in [3.8, 4) is 11.5 Å². The van der Waals surface area contributed by atoms with E-state index in [4.69, 9.17) is 9.31 Å². The molecule has 23 heavy (non-hydrogen) atoms. The van der Waals surface area contributed by atoms with Gasteiger partial charge in [-0.2, -0.15) is 0 Å². The minimum atomic E-state index is -0.708. The summed E-state index contributed by atoms with van der Waals surface area (Å²) in [6, 6.07) is 7.47. The SMILES string of the molecule is CC(=O)c1ccc(O[B]Oc2ccc(C(C)=O)c(F)c2)cc1F. The number of carbonyl (C=O) groups excluding carboxylic acids is 2. The molecule has 2 aromatic carbocycles. The number of ketones is 2. The second-order valence-electron chi connectivity index (χ2n) is 4.73. The van der Waals surface area contributed by atoms with E-state index in [0.717, 1.165) is 19.8 Å². The number of carbonyl (C=O) groups is 2. The Bertz CT molecular complexity index is 698. The quantitative estimate of drug-likeness (QED) is 0.605. The van der Waals surface area contributed by atoms with Crippen molar-refractivity contribution in [3.63, 3.8) is 0 Å². The average Bonchev–Trinajstić information content (AvgIpc) is 2.46. The molecule has 0 spiro atoms. The van der Waals surface area contributed by atoms with Gasteiger partial charge in [-0.05, 0) is 38.1 Å². The largest absolute Gasteiger partial charge is 0.658 e. The first-order valence-corrected chi connectivity index (χ1v) is 6.64. The third kappa shape index (κ3) is 4.15. The maximum atomic E-state index is 13.6. The normalized spacial score (nSPS) is 10.1. The number of rotatable bonds is 6. The Morgan fingerprint density at radius 2 is 1.22 bits per heavy atom. The molecule has 0 heterocycles. The van der Waals surface area contributed by atoms with E-state index in [2.05, 4.69) is 0 Å². The molecule has 2 rings (SSSR count). The van der Waals surface area contributed by atoms with Gasteiger partial charge in [-0.15, -0.1) is 0 Å². The van der Waals surface area contributed by atoms with Crippen molar-refractivity contribution >= 4 is 19.3 Å². The minimum Gasteiger partial charge on any atom is -0.526 e. The topological polar surface area (TPSA) is 52.6 Å². The van der Waals surface area contributed by atoms with E-state index in [1.807, 2.05) is 0 Å². The lowest BCUT2D eigenvalue weighted by Gasteiger charge is -2.08. The van der Waals surface area contributed by atoms with Crippen molar-refractivity contribution in [1.82, 2.24) is 0 Å². The number of halogens is 2. The molecule has 0 aliphatic rings. The molecule has 0 aliphatic carbocycles. The van der Waals surface area contributed by atoms with E-state index in [9.17, 15) is 18.4 Å². The molecular weight excluding hydrogens is 305 g/mol. The Morgan fingerprint density at radius 3 is 1.52 bits per heavy atom. The molecule has 0 bridgehead atoms. The second-order valence-corrected chi connectivity index (χ2v) is 4.73. The maximum Gasteiger partial charge on any atom is 0.658 e. The fraction of sp³-hybridized carbons (Fsp3) is 0.125. The van der Waals surface area contributed by atoms with Gasteiger partial charge in [-0.25, -0.2) is 8.78 Å². The van der Waals surface area contributed by atoms with Gasteiger partial charge in [0.1, 0.15) is 23.1 Å². The van der Waals surface area contributed by atoms with Crippen LogP contribution in [0.15, 0.2) is 36.4 Å². The Hall–Kier alpha value is -2.70. The lowest BCUT2D eigenvalue weighted by molar-refractivity contribution is 0.100. The Balaban J connectivity index is 1.97. The zero-order valence-corrected chi connectivity index (χ0v) is 12.4. The summed E-state index contributed by atoms with van der Waals surface area (Å²) in [6.07, 6.45) is 0. The van der Waals surface area contributed by atoms with Gasteiger partial charge >= 0.3 is 7.69 Å². The highest BCUT2D eigenvalue weighted by Crippen LogP contribution is 2.19. The van der Waals surface area contributed by atoms with Crippen molar-refractivity contribution in [2.75, 3.05) is 0 Å². The van der Waals surface area contributed by atoms with E-state index in [-0.39, 0.29) is 22.6 Å². The first-order valence-electron chi connectivity index (χ1n) is 6.64. The molecule has 0 saturated carbocycles. The molecule has 0 aromatic heterocycles. The van der Waals surface area contributed by atoms with Crippen molar-refractivity contribution in [2.45, 2.75) is 13.8 Å². The standard InChI is InChI=1S/C16H12BF2O4/c1-9(20)13-5-3-11(7-15(13)18)22-17-23-12-4-6-14(10(2)21)16(19)8-12/h3-8H,1-2H3.